The van der Waals surface area contributed by atoms with Crippen molar-refractivity contribution >= 4 is 5.78 Å². The lowest BCUT2D eigenvalue weighted by Gasteiger charge is -2.40. The van der Waals surface area contributed by atoms with Crippen molar-refractivity contribution in [2.75, 3.05) is 13.2 Å². The summed E-state index contributed by atoms with van der Waals surface area (Å²) in [6, 6.07) is 7.91. The number of hydrogen-bond donors (Lipinski definition) is 7. The number of Topliss-reactive ketones (excluding diaryl/α,β-unsaturated/α-hetero) is 1. The average Bonchev–Trinajstić information content (AvgIpc) is 2.78. The Balaban J connectivity index is 1.86. The van der Waals surface area contributed by atoms with E-state index in [0.717, 1.165) is 11.6 Å². The van der Waals surface area contributed by atoms with Crippen LogP contribution in [0.3, 0.4) is 0 Å². The number of carbonyl (C=O) groups excluding carboxylic acids is 1. The number of carbonyl (C=O) groups is 1. The maximum Gasteiger partial charge on any atom is 0.170 e. The molecule has 10 nitrogen and oxygen atoms in total. The van der Waals surface area contributed by atoms with Crippen molar-refractivity contribution in [1.29, 1.82) is 0 Å². The predicted octanol–water partition coefficient (Wildman–Crippen LogP) is 0.532. The fraction of sp³-hybridized carbons (Fsp3) is 0.435. The first-order valence-electron chi connectivity index (χ1n) is 10.5. The summed E-state index contributed by atoms with van der Waals surface area (Å²) in [6.45, 7) is 1.67. The second kappa shape index (κ2) is 10.4. The quantitative estimate of drug-likeness (QED) is 0.273. The molecule has 0 saturated carbocycles. The van der Waals surface area contributed by atoms with Gasteiger partial charge < -0.3 is 45.2 Å². The summed E-state index contributed by atoms with van der Waals surface area (Å²) in [4.78, 5) is 12.8. The Kier molecular flexibility index (Phi) is 7.77. The standard InChI is InChI=1S/C23H28O10/c1-2-32-12-6-3-11(4-7-12)5-8-13(25)17-14(26)9-15(27)18(20(17)29)23-22(31)21(30)19(28)16(10-24)33-23/h3-4,6-7,9,16,19,21-24,26-31H,2,5,8,10H2,1H3/t16-,19-,21+,22-,23+/m1/s1. The zero-order valence-electron chi connectivity index (χ0n) is 18.0. The maximum atomic E-state index is 12.8. The number of hydrogen-bond acceptors (Lipinski definition) is 10. The third-order valence-corrected chi connectivity index (χ3v) is 5.63. The third-order valence-electron chi connectivity index (χ3n) is 5.63. The van der Waals surface area contributed by atoms with Crippen molar-refractivity contribution in [2.45, 2.75) is 50.3 Å². The Morgan fingerprint density at radius 1 is 1.00 bits per heavy atom. The van der Waals surface area contributed by atoms with Gasteiger partial charge in [-0.2, -0.15) is 0 Å². The fourth-order valence-electron chi connectivity index (χ4n) is 3.85. The normalized spacial score (nSPS) is 25.1. The first-order chi connectivity index (χ1) is 15.7. The molecule has 10 heteroatoms. The average molecular weight is 464 g/mol. The minimum atomic E-state index is -1.80. The Morgan fingerprint density at radius 3 is 2.27 bits per heavy atom. The number of aliphatic hydroxyl groups is 4. The van der Waals surface area contributed by atoms with Crippen LogP contribution in [0.1, 0.15) is 40.9 Å². The van der Waals surface area contributed by atoms with E-state index in [1.165, 1.54) is 0 Å². The number of ether oxygens (including phenoxy) is 2. The lowest BCUT2D eigenvalue weighted by Crippen LogP contribution is -2.55. The van der Waals surface area contributed by atoms with E-state index in [9.17, 15) is 40.5 Å². The van der Waals surface area contributed by atoms with Crippen molar-refractivity contribution in [1.82, 2.24) is 0 Å². The van der Waals surface area contributed by atoms with Crippen LogP contribution < -0.4 is 4.74 Å². The van der Waals surface area contributed by atoms with Crippen LogP contribution in [0.5, 0.6) is 23.0 Å². The molecule has 7 N–H and O–H groups in total. The molecule has 0 unspecified atom stereocenters. The Morgan fingerprint density at radius 2 is 1.67 bits per heavy atom. The SMILES string of the molecule is CCOc1ccc(CCC(=O)c2c(O)cc(O)c([C@@H]3O[C@H](CO)[C@@H](O)[C@H](O)[C@H]3O)c2O)cc1. The van der Waals surface area contributed by atoms with E-state index >= 15 is 0 Å². The highest BCUT2D eigenvalue weighted by Crippen LogP contribution is 2.46. The molecule has 0 bridgehead atoms. The highest BCUT2D eigenvalue weighted by Gasteiger charge is 2.46. The molecule has 180 valence electrons. The molecule has 1 aliphatic rings. The summed E-state index contributed by atoms with van der Waals surface area (Å²) in [7, 11) is 0. The van der Waals surface area contributed by atoms with Crippen LogP contribution in [0.2, 0.25) is 0 Å². The van der Waals surface area contributed by atoms with Gasteiger partial charge in [-0.3, -0.25) is 4.79 Å². The molecule has 1 heterocycles. The monoisotopic (exact) mass is 464 g/mol. The van der Waals surface area contributed by atoms with E-state index in [4.69, 9.17) is 9.47 Å². The summed E-state index contributed by atoms with van der Waals surface area (Å²) < 4.78 is 10.7. The molecular weight excluding hydrogens is 436 g/mol. The number of phenols is 3. The highest BCUT2D eigenvalue weighted by molar-refractivity contribution is 6.02. The third kappa shape index (κ3) is 5.05. The van der Waals surface area contributed by atoms with Crippen LogP contribution in [0.25, 0.3) is 0 Å². The van der Waals surface area contributed by atoms with Crippen molar-refractivity contribution in [3.63, 3.8) is 0 Å². The van der Waals surface area contributed by atoms with Gasteiger partial charge in [-0.1, -0.05) is 12.1 Å². The molecule has 1 fully saturated rings. The molecule has 5 atom stereocenters. The zero-order chi connectivity index (χ0) is 24.3. The molecule has 3 rings (SSSR count). The summed E-state index contributed by atoms with van der Waals surface area (Å²) >= 11 is 0. The summed E-state index contributed by atoms with van der Waals surface area (Å²) in [5.74, 6) is -2.14. The van der Waals surface area contributed by atoms with Gasteiger partial charge >= 0.3 is 0 Å². The number of aliphatic hydroxyl groups excluding tert-OH is 4. The van der Waals surface area contributed by atoms with Gasteiger partial charge in [0.1, 0.15) is 59.1 Å². The van der Waals surface area contributed by atoms with Gasteiger partial charge in [0.05, 0.1) is 18.8 Å². The predicted molar refractivity (Wildman–Crippen MR) is 114 cm³/mol. The number of phenolic OH excluding ortho intramolecular Hbond substituents is 3. The molecule has 0 aromatic heterocycles. The summed E-state index contributed by atoms with van der Waals surface area (Å²) in [5.41, 5.74) is -0.112. The smallest absolute Gasteiger partial charge is 0.170 e. The lowest BCUT2D eigenvalue weighted by molar-refractivity contribution is -0.232. The number of aryl methyl sites for hydroxylation is 1. The van der Waals surface area contributed by atoms with Crippen LogP contribution >= 0.6 is 0 Å². The molecule has 0 spiro atoms. The molecular formula is C23H28O10. The first kappa shape index (κ1) is 24.7. The minimum Gasteiger partial charge on any atom is -0.507 e. The number of aromatic hydroxyl groups is 3. The minimum absolute atomic E-state index is 0.0893. The number of ketones is 1. The van der Waals surface area contributed by atoms with Crippen LogP contribution in [-0.4, -0.2) is 79.2 Å². The van der Waals surface area contributed by atoms with E-state index in [0.29, 0.717) is 18.8 Å². The van der Waals surface area contributed by atoms with Crippen molar-refractivity contribution in [2.24, 2.45) is 0 Å². The van der Waals surface area contributed by atoms with Gasteiger partial charge in [0, 0.05) is 12.5 Å². The molecule has 1 saturated heterocycles. The van der Waals surface area contributed by atoms with Crippen LogP contribution in [0.4, 0.5) is 0 Å². The molecule has 0 radical (unpaired) electrons. The van der Waals surface area contributed by atoms with Gasteiger partial charge in [0.15, 0.2) is 5.78 Å². The number of benzene rings is 2. The van der Waals surface area contributed by atoms with Crippen molar-refractivity contribution in [3.05, 3.63) is 47.0 Å². The van der Waals surface area contributed by atoms with Crippen molar-refractivity contribution < 1.29 is 50.0 Å². The Labute approximate surface area is 189 Å². The summed E-state index contributed by atoms with van der Waals surface area (Å²) in [6.07, 6.45) is -7.87. The second-order valence-corrected chi connectivity index (χ2v) is 7.80. The lowest BCUT2D eigenvalue weighted by atomic mass is 9.88. The molecule has 0 amide bonds. The largest absolute Gasteiger partial charge is 0.507 e. The van der Waals surface area contributed by atoms with E-state index in [1.54, 1.807) is 24.3 Å². The molecule has 0 aliphatic carbocycles. The van der Waals surface area contributed by atoms with E-state index < -0.39 is 71.3 Å². The summed E-state index contributed by atoms with van der Waals surface area (Å²) in [5, 5.41) is 71.0. The zero-order valence-corrected chi connectivity index (χ0v) is 18.0. The van der Waals surface area contributed by atoms with Gasteiger partial charge in [0.2, 0.25) is 0 Å². The van der Waals surface area contributed by atoms with Gasteiger partial charge in [-0.25, -0.2) is 0 Å². The van der Waals surface area contributed by atoms with E-state index in [2.05, 4.69) is 0 Å². The molecule has 2 aromatic carbocycles. The molecule has 1 aliphatic heterocycles. The van der Waals surface area contributed by atoms with Gasteiger partial charge in [0.25, 0.3) is 0 Å². The second-order valence-electron chi connectivity index (χ2n) is 7.80. The topological polar surface area (TPSA) is 177 Å². The van der Waals surface area contributed by atoms with Gasteiger partial charge in [-0.15, -0.1) is 0 Å². The Hall–Kier alpha value is -2.89. The van der Waals surface area contributed by atoms with Gasteiger partial charge in [-0.05, 0) is 31.0 Å². The van der Waals surface area contributed by atoms with E-state index in [-0.39, 0.29) is 6.42 Å². The van der Waals surface area contributed by atoms with Crippen LogP contribution in [0, 0.1) is 0 Å². The van der Waals surface area contributed by atoms with Crippen LogP contribution in [0.15, 0.2) is 30.3 Å². The fourth-order valence-corrected chi connectivity index (χ4v) is 3.85. The van der Waals surface area contributed by atoms with Crippen molar-refractivity contribution in [3.8, 4) is 23.0 Å². The molecule has 2 aromatic rings. The number of rotatable bonds is 8. The Bertz CT molecular complexity index is 972. The maximum absolute atomic E-state index is 12.8. The van der Waals surface area contributed by atoms with E-state index in [1.807, 2.05) is 6.92 Å². The molecule has 33 heavy (non-hydrogen) atoms. The highest BCUT2D eigenvalue weighted by atomic mass is 16.5. The first-order valence-corrected chi connectivity index (χ1v) is 10.5. The van der Waals surface area contributed by atoms with Crippen LogP contribution in [-0.2, 0) is 11.2 Å².